The van der Waals surface area contributed by atoms with Gasteiger partial charge in [0.05, 0.1) is 6.42 Å². The summed E-state index contributed by atoms with van der Waals surface area (Å²) in [6.45, 7) is 0.767. The minimum atomic E-state index is 0.0706. The minimum absolute atomic E-state index is 0.0706. The van der Waals surface area contributed by atoms with Crippen LogP contribution < -0.4 is 10.6 Å². The van der Waals surface area contributed by atoms with Crippen molar-refractivity contribution in [1.29, 1.82) is 0 Å². The number of benzene rings is 1. The molecule has 1 aromatic rings. The second-order valence-electron chi connectivity index (χ2n) is 3.94. The number of carbonyl (C=O) groups is 1. The lowest BCUT2D eigenvalue weighted by Gasteiger charge is -2.17. The summed E-state index contributed by atoms with van der Waals surface area (Å²) in [4.78, 5) is 11.4. The molecule has 16 heavy (non-hydrogen) atoms. The number of hydrogen-bond donors (Lipinski definition) is 2. The van der Waals surface area contributed by atoms with Gasteiger partial charge >= 0.3 is 0 Å². The molecule has 0 bridgehead atoms. The van der Waals surface area contributed by atoms with Crippen molar-refractivity contribution in [2.75, 3.05) is 6.54 Å². The number of rotatable bonds is 1. The molecule has 1 amide bonds. The summed E-state index contributed by atoms with van der Waals surface area (Å²) in [6, 6.07) is 10.2. The van der Waals surface area contributed by atoms with Crippen molar-refractivity contribution in [2.45, 2.75) is 6.42 Å². The zero-order chi connectivity index (χ0) is 11.0. The van der Waals surface area contributed by atoms with Gasteiger partial charge in [0, 0.05) is 12.1 Å². The number of amides is 1. The van der Waals surface area contributed by atoms with E-state index in [1.807, 2.05) is 18.2 Å². The second-order valence-corrected chi connectivity index (χ2v) is 3.94. The van der Waals surface area contributed by atoms with Crippen LogP contribution in [0.15, 0.2) is 47.8 Å². The minimum Gasteiger partial charge on any atom is -0.368 e. The van der Waals surface area contributed by atoms with Gasteiger partial charge in [0.25, 0.3) is 0 Å². The SMILES string of the molecule is O=C1CC2=C(NCC=C2c2ccccc2)N1. The Morgan fingerprint density at radius 3 is 2.75 bits per heavy atom. The van der Waals surface area contributed by atoms with Crippen LogP contribution in [0.25, 0.3) is 5.57 Å². The fourth-order valence-electron chi connectivity index (χ4n) is 2.18. The molecule has 2 N–H and O–H groups in total. The Balaban J connectivity index is 2.03. The molecule has 3 rings (SSSR count). The molecule has 0 aromatic heterocycles. The van der Waals surface area contributed by atoms with Crippen molar-refractivity contribution in [1.82, 2.24) is 10.6 Å². The molecule has 0 fully saturated rings. The quantitative estimate of drug-likeness (QED) is 0.739. The third-order valence-electron chi connectivity index (χ3n) is 2.90. The van der Waals surface area contributed by atoms with E-state index in [-0.39, 0.29) is 5.91 Å². The molecule has 3 nitrogen and oxygen atoms in total. The van der Waals surface area contributed by atoms with E-state index in [1.54, 1.807) is 0 Å². The monoisotopic (exact) mass is 212 g/mol. The van der Waals surface area contributed by atoms with E-state index in [9.17, 15) is 4.79 Å². The van der Waals surface area contributed by atoms with Crippen LogP contribution >= 0.6 is 0 Å². The topological polar surface area (TPSA) is 41.1 Å². The van der Waals surface area contributed by atoms with E-state index < -0.39 is 0 Å². The third kappa shape index (κ3) is 1.41. The van der Waals surface area contributed by atoms with E-state index >= 15 is 0 Å². The normalized spacial score (nSPS) is 18.8. The Hall–Kier alpha value is -2.03. The Morgan fingerprint density at radius 2 is 1.94 bits per heavy atom. The molecule has 0 radical (unpaired) electrons. The first-order valence-corrected chi connectivity index (χ1v) is 5.37. The van der Waals surface area contributed by atoms with Gasteiger partial charge in [-0.1, -0.05) is 36.4 Å². The number of carbonyl (C=O) groups excluding carboxylic acids is 1. The van der Waals surface area contributed by atoms with Crippen molar-refractivity contribution >= 4 is 11.5 Å². The molecule has 0 saturated heterocycles. The van der Waals surface area contributed by atoms with Crippen LogP contribution in [0, 0.1) is 0 Å². The summed E-state index contributed by atoms with van der Waals surface area (Å²) in [6.07, 6.45) is 2.61. The van der Waals surface area contributed by atoms with Gasteiger partial charge in [-0.2, -0.15) is 0 Å². The first-order valence-electron chi connectivity index (χ1n) is 5.37. The van der Waals surface area contributed by atoms with E-state index in [0.717, 1.165) is 17.9 Å². The van der Waals surface area contributed by atoms with Gasteiger partial charge in [-0.3, -0.25) is 4.79 Å². The Bertz CT molecular complexity index is 500. The maximum absolute atomic E-state index is 11.4. The zero-order valence-corrected chi connectivity index (χ0v) is 8.79. The van der Waals surface area contributed by atoms with Gasteiger partial charge in [-0.15, -0.1) is 0 Å². The summed E-state index contributed by atoms with van der Waals surface area (Å²) in [5.41, 5.74) is 3.43. The highest BCUT2D eigenvalue weighted by Gasteiger charge is 2.26. The van der Waals surface area contributed by atoms with Crippen LogP contribution in [0.5, 0.6) is 0 Å². The van der Waals surface area contributed by atoms with Gasteiger partial charge in [-0.05, 0) is 11.1 Å². The lowest BCUT2D eigenvalue weighted by molar-refractivity contribution is -0.118. The van der Waals surface area contributed by atoms with E-state index in [0.29, 0.717) is 6.42 Å². The molecular formula is C13H12N2O. The predicted molar refractivity (Wildman–Crippen MR) is 62.2 cm³/mol. The Kier molecular flexibility index (Phi) is 2.03. The van der Waals surface area contributed by atoms with Crippen molar-refractivity contribution in [2.24, 2.45) is 0 Å². The molecule has 80 valence electrons. The fourth-order valence-corrected chi connectivity index (χ4v) is 2.18. The Morgan fingerprint density at radius 1 is 1.12 bits per heavy atom. The number of dihydropyridines is 1. The fraction of sp³-hybridized carbons (Fsp3) is 0.154. The van der Waals surface area contributed by atoms with E-state index in [2.05, 4.69) is 28.8 Å². The molecule has 0 atom stereocenters. The van der Waals surface area contributed by atoms with Gasteiger partial charge in [-0.25, -0.2) is 0 Å². The lowest BCUT2D eigenvalue weighted by atomic mass is 9.95. The van der Waals surface area contributed by atoms with Crippen LogP contribution in [-0.2, 0) is 4.79 Å². The summed E-state index contributed by atoms with van der Waals surface area (Å²) < 4.78 is 0. The molecule has 0 aliphatic carbocycles. The number of nitrogens with one attached hydrogen (secondary N) is 2. The van der Waals surface area contributed by atoms with Crippen molar-refractivity contribution in [3.63, 3.8) is 0 Å². The number of hydrogen-bond acceptors (Lipinski definition) is 2. The summed E-state index contributed by atoms with van der Waals surface area (Å²) in [7, 11) is 0. The van der Waals surface area contributed by atoms with Crippen LogP contribution in [0.4, 0.5) is 0 Å². The standard InChI is InChI=1S/C13H12N2O/c16-12-8-11-10(6-7-14-13(11)15-12)9-4-2-1-3-5-9/h1-6,14H,7-8H2,(H,15,16). The first kappa shape index (κ1) is 9.21. The molecule has 3 heteroatoms. The van der Waals surface area contributed by atoms with Crippen LogP contribution in [0.3, 0.4) is 0 Å². The highest BCUT2D eigenvalue weighted by atomic mass is 16.1. The largest absolute Gasteiger partial charge is 0.368 e. The molecular weight excluding hydrogens is 200 g/mol. The molecule has 0 spiro atoms. The zero-order valence-electron chi connectivity index (χ0n) is 8.79. The predicted octanol–water partition coefficient (Wildman–Crippen LogP) is 1.40. The number of allylic oxidation sites excluding steroid dienone is 1. The molecule has 0 saturated carbocycles. The molecule has 2 heterocycles. The Labute approximate surface area is 93.9 Å². The van der Waals surface area contributed by atoms with E-state index in [4.69, 9.17) is 0 Å². The van der Waals surface area contributed by atoms with E-state index in [1.165, 1.54) is 11.1 Å². The van der Waals surface area contributed by atoms with Crippen molar-refractivity contribution < 1.29 is 4.79 Å². The maximum atomic E-state index is 11.4. The highest BCUT2D eigenvalue weighted by molar-refractivity contribution is 5.94. The van der Waals surface area contributed by atoms with Gasteiger partial charge in [0.15, 0.2) is 0 Å². The van der Waals surface area contributed by atoms with Gasteiger partial charge in [0.2, 0.25) is 5.91 Å². The molecule has 2 aliphatic rings. The average molecular weight is 212 g/mol. The summed E-state index contributed by atoms with van der Waals surface area (Å²) >= 11 is 0. The first-order chi connectivity index (χ1) is 7.84. The van der Waals surface area contributed by atoms with Crippen LogP contribution in [0.1, 0.15) is 12.0 Å². The van der Waals surface area contributed by atoms with Crippen LogP contribution in [0.2, 0.25) is 0 Å². The van der Waals surface area contributed by atoms with Gasteiger partial charge in [0.1, 0.15) is 5.82 Å². The summed E-state index contributed by atoms with van der Waals surface area (Å²) in [5, 5.41) is 6.03. The van der Waals surface area contributed by atoms with Crippen molar-refractivity contribution in [3.05, 3.63) is 53.4 Å². The lowest BCUT2D eigenvalue weighted by Crippen LogP contribution is -2.28. The molecule has 2 aliphatic heterocycles. The highest BCUT2D eigenvalue weighted by Crippen LogP contribution is 2.31. The van der Waals surface area contributed by atoms with Gasteiger partial charge < -0.3 is 10.6 Å². The second kappa shape index (κ2) is 3.52. The molecule has 0 unspecified atom stereocenters. The third-order valence-corrected chi connectivity index (χ3v) is 2.90. The smallest absolute Gasteiger partial charge is 0.230 e. The molecule has 1 aromatic carbocycles. The van der Waals surface area contributed by atoms with Crippen molar-refractivity contribution in [3.8, 4) is 0 Å². The van der Waals surface area contributed by atoms with Crippen LogP contribution in [-0.4, -0.2) is 12.5 Å². The average Bonchev–Trinajstić information content (AvgIpc) is 2.70. The summed E-state index contributed by atoms with van der Waals surface area (Å²) in [5.74, 6) is 0.951. The maximum Gasteiger partial charge on any atom is 0.230 e.